The van der Waals surface area contributed by atoms with Gasteiger partial charge >= 0.3 is 0 Å². The molecular weight excluding hydrogens is 506 g/mol. The second-order valence-electron chi connectivity index (χ2n) is 11.9. The molecule has 4 nitrogen and oxygen atoms in total. The summed E-state index contributed by atoms with van der Waals surface area (Å²) in [4.78, 5) is 12.3. The van der Waals surface area contributed by atoms with E-state index in [2.05, 4.69) is 43.5 Å². The quantitative estimate of drug-likeness (QED) is 0.0569. The van der Waals surface area contributed by atoms with Gasteiger partial charge in [-0.2, -0.15) is 0 Å². The molecule has 2 unspecified atom stereocenters. The third kappa shape index (κ3) is 29.9. The summed E-state index contributed by atoms with van der Waals surface area (Å²) in [5.41, 5.74) is 0. The van der Waals surface area contributed by atoms with E-state index in [4.69, 9.17) is 0 Å². The van der Waals surface area contributed by atoms with Gasteiger partial charge in [0.1, 0.15) is 0 Å². The number of allylic oxidation sites excluding steroid dienone is 5. The first kappa shape index (κ1) is 39.6. The van der Waals surface area contributed by atoms with Crippen LogP contribution in [0.25, 0.3) is 0 Å². The van der Waals surface area contributed by atoms with Gasteiger partial charge in [0.2, 0.25) is 5.91 Å². The first-order valence-electron chi connectivity index (χ1n) is 17.7. The van der Waals surface area contributed by atoms with E-state index in [0.29, 0.717) is 6.42 Å². The Kier molecular flexibility index (Phi) is 32.0. The van der Waals surface area contributed by atoms with Crippen molar-refractivity contribution in [3.8, 4) is 0 Å². The lowest BCUT2D eigenvalue weighted by atomic mass is 10.1. The van der Waals surface area contributed by atoms with Crippen molar-refractivity contribution in [2.75, 3.05) is 6.61 Å². The first-order chi connectivity index (χ1) is 20.2. The highest BCUT2D eigenvalue weighted by atomic mass is 16.3. The predicted molar refractivity (Wildman–Crippen MR) is 179 cm³/mol. The standard InChI is InChI=1S/C37H69NO3/c1-3-5-7-9-11-13-15-16-17-18-19-20-21-22-23-25-27-29-31-33-37(41)38-35(34-39)36(40)32-30-28-26-24-14-12-10-8-6-4-2/h14,18-19,24,30,32,35-36,39-40H,3-13,15-17,20-23,25-29,31,33-34H2,1-2H3,(H,38,41)/b19-18-,24-14+,32-30+. The van der Waals surface area contributed by atoms with Crippen LogP contribution in [0.15, 0.2) is 36.5 Å². The van der Waals surface area contributed by atoms with Crippen molar-refractivity contribution in [2.24, 2.45) is 0 Å². The normalized spacial score (nSPS) is 13.6. The number of carbonyl (C=O) groups is 1. The van der Waals surface area contributed by atoms with Gasteiger partial charge in [-0.15, -0.1) is 0 Å². The van der Waals surface area contributed by atoms with E-state index in [0.717, 1.165) is 32.1 Å². The second-order valence-corrected chi connectivity index (χ2v) is 11.9. The minimum Gasteiger partial charge on any atom is -0.394 e. The van der Waals surface area contributed by atoms with Crippen LogP contribution in [0.1, 0.15) is 174 Å². The Balaban J connectivity index is 3.63. The summed E-state index contributed by atoms with van der Waals surface area (Å²) in [6.45, 7) is 4.24. The monoisotopic (exact) mass is 576 g/mol. The van der Waals surface area contributed by atoms with E-state index in [9.17, 15) is 15.0 Å². The zero-order valence-electron chi connectivity index (χ0n) is 27.3. The van der Waals surface area contributed by atoms with Crippen LogP contribution in [0.2, 0.25) is 0 Å². The molecule has 0 aromatic rings. The average Bonchev–Trinajstić information content (AvgIpc) is 2.97. The predicted octanol–water partition coefficient (Wildman–Crippen LogP) is 10.3. The van der Waals surface area contributed by atoms with E-state index in [1.54, 1.807) is 6.08 Å². The van der Waals surface area contributed by atoms with Crippen molar-refractivity contribution in [3.05, 3.63) is 36.5 Å². The van der Waals surface area contributed by atoms with Crippen molar-refractivity contribution in [3.63, 3.8) is 0 Å². The Hall–Kier alpha value is -1.39. The topological polar surface area (TPSA) is 69.6 Å². The fourth-order valence-electron chi connectivity index (χ4n) is 5.07. The molecule has 0 aliphatic heterocycles. The summed E-state index contributed by atoms with van der Waals surface area (Å²) < 4.78 is 0. The van der Waals surface area contributed by atoms with Crippen molar-refractivity contribution >= 4 is 5.91 Å². The lowest BCUT2D eigenvalue weighted by Gasteiger charge is -2.19. The Morgan fingerprint density at radius 3 is 1.44 bits per heavy atom. The third-order valence-corrected chi connectivity index (χ3v) is 7.85. The number of rotatable bonds is 31. The molecule has 3 N–H and O–H groups in total. The van der Waals surface area contributed by atoms with Crippen LogP contribution in [0.5, 0.6) is 0 Å². The number of nitrogens with one attached hydrogen (secondary N) is 1. The van der Waals surface area contributed by atoms with Gasteiger partial charge in [0, 0.05) is 6.42 Å². The molecule has 0 fully saturated rings. The summed E-state index contributed by atoms with van der Waals surface area (Å²) in [5.74, 6) is -0.0822. The molecule has 0 heterocycles. The highest BCUT2D eigenvalue weighted by Crippen LogP contribution is 2.12. The van der Waals surface area contributed by atoms with Crippen molar-refractivity contribution in [2.45, 2.75) is 187 Å². The maximum Gasteiger partial charge on any atom is 0.220 e. The average molecular weight is 576 g/mol. The number of hydrogen-bond donors (Lipinski definition) is 3. The van der Waals surface area contributed by atoms with Gasteiger partial charge in [0.15, 0.2) is 0 Å². The largest absolute Gasteiger partial charge is 0.394 e. The molecule has 240 valence electrons. The maximum absolute atomic E-state index is 12.3. The van der Waals surface area contributed by atoms with Crippen LogP contribution in [-0.2, 0) is 4.79 Å². The second kappa shape index (κ2) is 33.1. The smallest absolute Gasteiger partial charge is 0.220 e. The summed E-state index contributed by atoms with van der Waals surface area (Å²) in [6.07, 6.45) is 42.3. The van der Waals surface area contributed by atoms with E-state index < -0.39 is 12.1 Å². The van der Waals surface area contributed by atoms with Crippen LogP contribution < -0.4 is 5.32 Å². The number of hydrogen-bond acceptors (Lipinski definition) is 3. The zero-order valence-corrected chi connectivity index (χ0v) is 27.3. The van der Waals surface area contributed by atoms with E-state index in [1.807, 2.05) is 6.08 Å². The Labute approximate surface area is 255 Å². The molecular formula is C37H69NO3. The fourth-order valence-corrected chi connectivity index (χ4v) is 5.07. The molecule has 0 bridgehead atoms. The van der Waals surface area contributed by atoms with Crippen molar-refractivity contribution in [1.29, 1.82) is 0 Å². The molecule has 0 spiro atoms. The molecule has 0 aromatic heterocycles. The van der Waals surface area contributed by atoms with Crippen molar-refractivity contribution in [1.82, 2.24) is 5.32 Å². The highest BCUT2D eigenvalue weighted by Gasteiger charge is 2.17. The number of aliphatic hydroxyl groups is 2. The summed E-state index contributed by atoms with van der Waals surface area (Å²) >= 11 is 0. The SMILES string of the molecule is CCCCCC/C=C/CC/C=C/C(O)C(CO)NC(=O)CCCCCCCCC/C=C\CCCCCCCCCC. The summed E-state index contributed by atoms with van der Waals surface area (Å²) in [6, 6.07) is -0.637. The molecule has 0 saturated carbocycles. The first-order valence-corrected chi connectivity index (χ1v) is 17.7. The molecule has 1 amide bonds. The van der Waals surface area contributed by atoms with E-state index in [-0.39, 0.29) is 12.5 Å². The van der Waals surface area contributed by atoms with E-state index >= 15 is 0 Å². The van der Waals surface area contributed by atoms with Gasteiger partial charge in [-0.05, 0) is 57.8 Å². The number of aliphatic hydroxyl groups excluding tert-OH is 2. The lowest BCUT2D eigenvalue weighted by Crippen LogP contribution is -2.45. The van der Waals surface area contributed by atoms with Gasteiger partial charge in [-0.3, -0.25) is 4.79 Å². The third-order valence-electron chi connectivity index (χ3n) is 7.85. The van der Waals surface area contributed by atoms with Crippen LogP contribution in [0.3, 0.4) is 0 Å². The van der Waals surface area contributed by atoms with Gasteiger partial charge < -0.3 is 15.5 Å². The minimum absolute atomic E-state index is 0.0822. The van der Waals surface area contributed by atoms with E-state index in [1.165, 1.54) is 122 Å². The number of unbranched alkanes of at least 4 members (excludes halogenated alkanes) is 20. The number of carbonyl (C=O) groups excluding carboxylic acids is 1. The lowest BCUT2D eigenvalue weighted by molar-refractivity contribution is -0.123. The Morgan fingerprint density at radius 1 is 0.561 bits per heavy atom. The highest BCUT2D eigenvalue weighted by molar-refractivity contribution is 5.76. The van der Waals surface area contributed by atoms with Crippen LogP contribution in [0, 0.1) is 0 Å². The summed E-state index contributed by atoms with van der Waals surface area (Å²) in [5, 5.41) is 22.7. The molecule has 41 heavy (non-hydrogen) atoms. The Bertz CT molecular complexity index is 628. The maximum atomic E-state index is 12.3. The molecule has 0 rings (SSSR count). The van der Waals surface area contributed by atoms with Gasteiger partial charge in [-0.1, -0.05) is 147 Å². The molecule has 4 heteroatoms. The van der Waals surface area contributed by atoms with Gasteiger partial charge in [-0.25, -0.2) is 0 Å². The minimum atomic E-state index is -0.859. The molecule has 0 aliphatic carbocycles. The molecule has 0 radical (unpaired) electrons. The van der Waals surface area contributed by atoms with Crippen LogP contribution in [0.4, 0.5) is 0 Å². The van der Waals surface area contributed by atoms with Crippen LogP contribution in [-0.4, -0.2) is 34.9 Å². The molecule has 2 atom stereocenters. The fraction of sp³-hybridized carbons (Fsp3) is 0.811. The van der Waals surface area contributed by atoms with Gasteiger partial charge in [0.05, 0.1) is 18.8 Å². The molecule has 0 aromatic carbocycles. The Morgan fingerprint density at radius 2 is 0.951 bits per heavy atom. The van der Waals surface area contributed by atoms with Crippen LogP contribution >= 0.6 is 0 Å². The van der Waals surface area contributed by atoms with Gasteiger partial charge in [0.25, 0.3) is 0 Å². The van der Waals surface area contributed by atoms with Crippen molar-refractivity contribution < 1.29 is 15.0 Å². The summed E-state index contributed by atoms with van der Waals surface area (Å²) in [7, 11) is 0. The zero-order chi connectivity index (χ0) is 30.1. The number of amides is 1. The molecule has 0 saturated heterocycles. The molecule has 0 aliphatic rings.